The molecule has 19 heavy (non-hydrogen) atoms. The molecule has 1 heterocycles. The highest BCUT2D eigenvalue weighted by Gasteiger charge is 2.18. The zero-order valence-electron chi connectivity index (χ0n) is 10.8. The predicted molar refractivity (Wildman–Crippen MR) is 79.7 cm³/mol. The van der Waals surface area contributed by atoms with Gasteiger partial charge in [0.1, 0.15) is 0 Å². The molecule has 0 N–H and O–H groups in total. The van der Waals surface area contributed by atoms with Crippen LogP contribution in [-0.2, 0) is 22.2 Å². The van der Waals surface area contributed by atoms with Gasteiger partial charge in [-0.05, 0) is 23.4 Å². The Balaban J connectivity index is 1.95. The fourth-order valence-corrected chi connectivity index (χ4v) is 3.66. The standard InChI is InChI=1S/C14H17NO2S2/c1-15(10-9-14-8-5-11-18-14)19(16,17)12-13-6-3-2-4-7-13/h2-8,11H,9-10,12H2,1H3. The van der Waals surface area contributed by atoms with E-state index in [9.17, 15) is 8.42 Å². The fraction of sp³-hybridized carbons (Fsp3) is 0.286. The summed E-state index contributed by atoms with van der Waals surface area (Å²) in [6, 6.07) is 13.3. The minimum Gasteiger partial charge on any atom is -0.212 e. The largest absolute Gasteiger partial charge is 0.218 e. The summed E-state index contributed by atoms with van der Waals surface area (Å²) in [5, 5.41) is 2.01. The maximum Gasteiger partial charge on any atom is 0.218 e. The number of likely N-dealkylation sites (N-methyl/N-ethyl adjacent to an activating group) is 1. The van der Waals surface area contributed by atoms with Crippen molar-refractivity contribution in [2.75, 3.05) is 13.6 Å². The van der Waals surface area contributed by atoms with Gasteiger partial charge in [-0.15, -0.1) is 11.3 Å². The topological polar surface area (TPSA) is 37.4 Å². The number of thiophene rings is 1. The van der Waals surface area contributed by atoms with Gasteiger partial charge in [0, 0.05) is 18.5 Å². The highest BCUT2D eigenvalue weighted by Crippen LogP contribution is 2.13. The molecule has 0 atom stereocenters. The molecule has 0 amide bonds. The van der Waals surface area contributed by atoms with Gasteiger partial charge in [-0.1, -0.05) is 36.4 Å². The molecule has 5 heteroatoms. The molecule has 0 unspecified atom stereocenters. The lowest BCUT2D eigenvalue weighted by molar-refractivity contribution is 0.472. The quantitative estimate of drug-likeness (QED) is 0.822. The van der Waals surface area contributed by atoms with Gasteiger partial charge in [0.25, 0.3) is 0 Å². The average molecular weight is 295 g/mol. The van der Waals surface area contributed by atoms with E-state index in [4.69, 9.17) is 0 Å². The first-order valence-electron chi connectivity index (χ1n) is 6.08. The minimum atomic E-state index is -3.23. The second-order valence-corrected chi connectivity index (χ2v) is 7.50. The second-order valence-electron chi connectivity index (χ2n) is 4.39. The zero-order valence-corrected chi connectivity index (χ0v) is 12.5. The fourth-order valence-electron chi connectivity index (χ4n) is 1.76. The molecule has 0 aliphatic heterocycles. The summed E-state index contributed by atoms with van der Waals surface area (Å²) in [6.07, 6.45) is 0.766. The van der Waals surface area contributed by atoms with Gasteiger partial charge < -0.3 is 0 Å². The number of rotatable bonds is 6. The van der Waals surface area contributed by atoms with Crippen LogP contribution in [0.15, 0.2) is 47.8 Å². The maximum absolute atomic E-state index is 12.2. The maximum atomic E-state index is 12.2. The molecular formula is C14H17NO2S2. The van der Waals surface area contributed by atoms with Crippen molar-refractivity contribution in [2.45, 2.75) is 12.2 Å². The third-order valence-electron chi connectivity index (χ3n) is 2.92. The Morgan fingerprint density at radius 3 is 2.47 bits per heavy atom. The molecule has 0 saturated heterocycles. The van der Waals surface area contributed by atoms with E-state index in [0.717, 1.165) is 12.0 Å². The second kappa shape index (κ2) is 6.32. The van der Waals surface area contributed by atoms with E-state index in [2.05, 4.69) is 0 Å². The van der Waals surface area contributed by atoms with Crippen LogP contribution >= 0.6 is 11.3 Å². The van der Waals surface area contributed by atoms with Crippen LogP contribution in [-0.4, -0.2) is 26.3 Å². The van der Waals surface area contributed by atoms with Gasteiger partial charge in [0.2, 0.25) is 10.0 Å². The van der Waals surface area contributed by atoms with Crippen LogP contribution in [0.3, 0.4) is 0 Å². The summed E-state index contributed by atoms with van der Waals surface area (Å²) in [5.74, 6) is 0.0643. The number of nitrogens with zero attached hydrogens (tertiary/aromatic N) is 1. The minimum absolute atomic E-state index is 0.0643. The van der Waals surface area contributed by atoms with Gasteiger partial charge in [-0.2, -0.15) is 0 Å². The van der Waals surface area contributed by atoms with E-state index in [1.165, 1.54) is 9.18 Å². The SMILES string of the molecule is CN(CCc1cccs1)S(=O)(=O)Cc1ccccc1. The number of benzene rings is 1. The van der Waals surface area contributed by atoms with Gasteiger partial charge in [-0.25, -0.2) is 12.7 Å². The van der Waals surface area contributed by atoms with Crippen LogP contribution in [0.4, 0.5) is 0 Å². The molecule has 0 radical (unpaired) electrons. The van der Waals surface area contributed by atoms with Crippen LogP contribution in [0.25, 0.3) is 0 Å². The average Bonchev–Trinajstić information content (AvgIpc) is 2.89. The van der Waals surface area contributed by atoms with Crippen LogP contribution < -0.4 is 0 Å². The van der Waals surface area contributed by atoms with Crippen molar-refractivity contribution < 1.29 is 8.42 Å². The molecule has 102 valence electrons. The lowest BCUT2D eigenvalue weighted by Gasteiger charge is -2.16. The van der Waals surface area contributed by atoms with Crippen molar-refractivity contribution in [1.29, 1.82) is 0 Å². The Labute approximate surface area is 118 Å². The number of sulfonamides is 1. The molecule has 2 rings (SSSR count). The van der Waals surface area contributed by atoms with E-state index in [-0.39, 0.29) is 5.75 Å². The highest BCUT2D eigenvalue weighted by molar-refractivity contribution is 7.88. The van der Waals surface area contributed by atoms with E-state index in [1.807, 2.05) is 47.8 Å². The van der Waals surface area contributed by atoms with Crippen molar-refractivity contribution in [3.8, 4) is 0 Å². The summed E-state index contributed by atoms with van der Waals surface area (Å²) in [5.41, 5.74) is 0.825. The van der Waals surface area contributed by atoms with Gasteiger partial charge in [0.15, 0.2) is 0 Å². The summed E-state index contributed by atoms with van der Waals surface area (Å²) >= 11 is 1.66. The number of hydrogen-bond donors (Lipinski definition) is 0. The molecular weight excluding hydrogens is 278 g/mol. The molecule has 0 aliphatic carbocycles. The summed E-state index contributed by atoms with van der Waals surface area (Å²) in [4.78, 5) is 1.21. The molecule has 0 bridgehead atoms. The van der Waals surface area contributed by atoms with Crippen molar-refractivity contribution in [2.24, 2.45) is 0 Å². The van der Waals surface area contributed by atoms with Crippen molar-refractivity contribution in [3.63, 3.8) is 0 Å². The molecule has 0 spiro atoms. The smallest absolute Gasteiger partial charge is 0.212 e. The van der Waals surface area contributed by atoms with Crippen LogP contribution in [0.2, 0.25) is 0 Å². The Kier molecular flexibility index (Phi) is 4.74. The molecule has 2 aromatic rings. The molecule has 1 aromatic carbocycles. The summed E-state index contributed by atoms with van der Waals surface area (Å²) < 4.78 is 25.8. The van der Waals surface area contributed by atoms with Gasteiger partial charge in [0.05, 0.1) is 5.75 Å². The van der Waals surface area contributed by atoms with E-state index < -0.39 is 10.0 Å². The Morgan fingerprint density at radius 1 is 1.11 bits per heavy atom. The van der Waals surface area contributed by atoms with E-state index >= 15 is 0 Å². The van der Waals surface area contributed by atoms with E-state index in [1.54, 1.807) is 18.4 Å². The third kappa shape index (κ3) is 4.16. The predicted octanol–water partition coefficient (Wildman–Crippen LogP) is 2.75. The summed E-state index contributed by atoms with van der Waals surface area (Å²) in [6.45, 7) is 0.523. The van der Waals surface area contributed by atoms with Gasteiger partial charge >= 0.3 is 0 Å². The molecule has 1 aromatic heterocycles. The Morgan fingerprint density at radius 2 is 1.84 bits per heavy atom. The van der Waals surface area contributed by atoms with Crippen LogP contribution in [0, 0.1) is 0 Å². The lowest BCUT2D eigenvalue weighted by atomic mass is 10.2. The van der Waals surface area contributed by atoms with Crippen LogP contribution in [0.1, 0.15) is 10.4 Å². The molecule has 0 saturated carbocycles. The van der Waals surface area contributed by atoms with Crippen molar-refractivity contribution in [3.05, 3.63) is 58.3 Å². The molecule has 3 nitrogen and oxygen atoms in total. The molecule has 0 aliphatic rings. The highest BCUT2D eigenvalue weighted by atomic mass is 32.2. The van der Waals surface area contributed by atoms with Gasteiger partial charge in [-0.3, -0.25) is 0 Å². The first-order chi connectivity index (χ1) is 9.08. The van der Waals surface area contributed by atoms with Crippen LogP contribution in [0.5, 0.6) is 0 Å². The first-order valence-corrected chi connectivity index (χ1v) is 8.57. The normalized spacial score (nSPS) is 11.9. The van der Waals surface area contributed by atoms with E-state index in [0.29, 0.717) is 6.54 Å². The Hall–Kier alpha value is -1.17. The Bertz CT molecular complexity index is 592. The van der Waals surface area contributed by atoms with Crippen molar-refractivity contribution >= 4 is 21.4 Å². The van der Waals surface area contributed by atoms with Crippen molar-refractivity contribution in [1.82, 2.24) is 4.31 Å². The first kappa shape index (κ1) is 14.2. The lowest BCUT2D eigenvalue weighted by Crippen LogP contribution is -2.30. The monoisotopic (exact) mass is 295 g/mol. The summed E-state index contributed by atoms with van der Waals surface area (Å²) in [7, 11) is -1.58. The third-order valence-corrected chi connectivity index (χ3v) is 5.69. The molecule has 0 fully saturated rings. The zero-order chi connectivity index (χ0) is 13.7. The number of hydrogen-bond acceptors (Lipinski definition) is 3.